The van der Waals surface area contributed by atoms with Crippen LogP contribution in [0.2, 0.25) is 0 Å². The van der Waals surface area contributed by atoms with E-state index in [0.717, 1.165) is 13.8 Å². The maximum atomic E-state index is 11.6. The smallest absolute Gasteiger partial charge is 0.338 e. The zero-order chi connectivity index (χ0) is 14.7. The van der Waals surface area contributed by atoms with Crippen molar-refractivity contribution in [1.82, 2.24) is 0 Å². The van der Waals surface area contributed by atoms with E-state index in [1.165, 1.54) is 7.11 Å². The number of rotatable bonds is 3. The van der Waals surface area contributed by atoms with Gasteiger partial charge in [-0.25, -0.2) is 4.79 Å². The molecule has 1 heterocycles. The van der Waals surface area contributed by atoms with Crippen molar-refractivity contribution < 1.29 is 13.9 Å². The normalized spacial score (nSPS) is 11.0. The van der Waals surface area contributed by atoms with Gasteiger partial charge in [-0.1, -0.05) is 6.07 Å². The van der Waals surface area contributed by atoms with E-state index in [9.17, 15) is 4.79 Å². The third kappa shape index (κ3) is 3.29. The van der Waals surface area contributed by atoms with E-state index in [2.05, 4.69) is 43.5 Å². The van der Waals surface area contributed by atoms with E-state index in [1.54, 1.807) is 18.3 Å². The minimum absolute atomic E-state index is 0.366. The number of hydrogen-bond acceptors (Lipinski definition) is 4. The van der Waals surface area contributed by atoms with Crippen LogP contribution in [-0.4, -0.2) is 19.3 Å². The molecule has 104 valence electrons. The Kier molecular flexibility index (Phi) is 4.98. The Balaban J connectivity index is 2.32. The molecule has 2 rings (SSSR count). The summed E-state index contributed by atoms with van der Waals surface area (Å²) in [5.41, 5.74) is 1.99. The maximum Gasteiger partial charge on any atom is 0.338 e. The molecule has 2 aromatic rings. The van der Waals surface area contributed by atoms with E-state index < -0.39 is 0 Å². The summed E-state index contributed by atoms with van der Waals surface area (Å²) in [6, 6.07) is 7.16. The first-order valence-corrected chi connectivity index (χ1v) is 7.57. The molecule has 0 amide bonds. The van der Waals surface area contributed by atoms with Crippen LogP contribution in [0, 0.1) is 10.7 Å². The third-order valence-electron chi connectivity index (χ3n) is 2.71. The van der Waals surface area contributed by atoms with Gasteiger partial charge in [0.25, 0.3) is 0 Å². The first-order valence-electron chi connectivity index (χ1n) is 5.69. The average Bonchev–Trinajstić information content (AvgIpc) is 2.76. The van der Waals surface area contributed by atoms with Crippen LogP contribution >= 0.6 is 38.5 Å². The lowest BCUT2D eigenvalue weighted by Crippen LogP contribution is -2.03. The Hall–Kier alpha value is -1.15. The molecule has 0 spiro atoms. The molecular formula is C14H11BrINO3. The van der Waals surface area contributed by atoms with Crippen LogP contribution < -0.4 is 0 Å². The van der Waals surface area contributed by atoms with E-state index in [0.29, 0.717) is 17.0 Å². The summed E-state index contributed by atoms with van der Waals surface area (Å²) in [5.74, 6) is 0.277. The van der Waals surface area contributed by atoms with Gasteiger partial charge in [0.1, 0.15) is 5.76 Å². The lowest BCUT2D eigenvalue weighted by molar-refractivity contribution is 0.0600. The fraction of sp³-hybridized carbons (Fsp3) is 0.143. The summed E-state index contributed by atoms with van der Waals surface area (Å²) in [6.45, 7) is 1.83. The van der Waals surface area contributed by atoms with Crippen molar-refractivity contribution in [2.45, 2.75) is 6.92 Å². The van der Waals surface area contributed by atoms with Crippen molar-refractivity contribution in [2.75, 3.05) is 7.11 Å². The van der Waals surface area contributed by atoms with Gasteiger partial charge in [-0.15, -0.1) is 0 Å². The van der Waals surface area contributed by atoms with Crippen molar-refractivity contribution in [3.63, 3.8) is 0 Å². The molecule has 20 heavy (non-hydrogen) atoms. The number of ether oxygens (including phenoxy) is 1. The summed E-state index contributed by atoms with van der Waals surface area (Å²) < 4.78 is 11.9. The summed E-state index contributed by atoms with van der Waals surface area (Å²) in [6.07, 6.45) is 1.62. The molecule has 0 bridgehead atoms. The van der Waals surface area contributed by atoms with Gasteiger partial charge >= 0.3 is 5.97 Å². The van der Waals surface area contributed by atoms with E-state index in [4.69, 9.17) is 9.15 Å². The minimum atomic E-state index is -0.366. The van der Waals surface area contributed by atoms with Gasteiger partial charge in [0, 0.05) is 28.7 Å². The fourth-order valence-corrected chi connectivity index (χ4v) is 2.37. The Bertz CT molecular complexity index is 660. The quantitative estimate of drug-likeness (QED) is 0.395. The number of esters is 1. The van der Waals surface area contributed by atoms with Gasteiger partial charge in [0.15, 0.2) is 3.77 Å². The molecule has 0 radical (unpaired) electrons. The zero-order valence-electron chi connectivity index (χ0n) is 10.8. The zero-order valence-corrected chi connectivity index (χ0v) is 14.6. The second-order valence-electron chi connectivity index (χ2n) is 3.97. The van der Waals surface area contributed by atoms with Gasteiger partial charge in [-0.05, 0) is 40.5 Å². The summed E-state index contributed by atoms with van der Waals surface area (Å²) >= 11 is 5.46. The summed E-state index contributed by atoms with van der Waals surface area (Å²) in [4.78, 5) is 16.0. The van der Waals surface area contributed by atoms with E-state index in [-0.39, 0.29) is 5.97 Å². The number of benzene rings is 1. The lowest BCUT2D eigenvalue weighted by Gasteiger charge is -2.05. The highest BCUT2D eigenvalue weighted by molar-refractivity contribution is 14.1. The number of furan rings is 1. The van der Waals surface area contributed by atoms with Crippen molar-refractivity contribution in [3.8, 4) is 0 Å². The topological polar surface area (TPSA) is 51.8 Å². The molecular weight excluding hydrogens is 437 g/mol. The van der Waals surface area contributed by atoms with Crippen LogP contribution in [0.3, 0.4) is 0 Å². The van der Waals surface area contributed by atoms with E-state index in [1.807, 2.05) is 19.1 Å². The number of halogens is 2. The van der Waals surface area contributed by atoms with Crippen molar-refractivity contribution in [3.05, 3.63) is 49.4 Å². The highest BCUT2D eigenvalue weighted by atomic mass is 127. The number of hydrogen-bond donors (Lipinski definition) is 0. The first-order chi connectivity index (χ1) is 9.52. The number of carbonyl (C=O) groups excluding carboxylic acids is 1. The van der Waals surface area contributed by atoms with Crippen molar-refractivity contribution in [1.29, 1.82) is 0 Å². The number of methoxy groups -OCH3 is 1. The molecule has 6 heteroatoms. The van der Waals surface area contributed by atoms with Gasteiger partial charge in [-0.2, -0.15) is 0 Å². The minimum Gasteiger partial charge on any atom is -0.465 e. The molecule has 0 saturated heterocycles. The molecule has 0 fully saturated rings. The SMILES string of the molecule is COC(=O)c1cccc(N=Cc2cc(Br)c(I)o2)c1C. The Morgan fingerprint density at radius 1 is 1.50 bits per heavy atom. The van der Waals surface area contributed by atoms with Crippen molar-refractivity contribution in [2.24, 2.45) is 4.99 Å². The molecule has 0 saturated carbocycles. The standard InChI is InChI=1S/C14H11BrINO3/c1-8-10(14(18)19-2)4-3-5-12(8)17-7-9-6-11(15)13(16)20-9/h3-7H,1-2H3. The molecule has 0 aliphatic rings. The Labute approximate surface area is 138 Å². The van der Waals surface area contributed by atoms with Gasteiger partial charge < -0.3 is 9.15 Å². The maximum absolute atomic E-state index is 11.6. The molecule has 0 atom stereocenters. The van der Waals surface area contributed by atoms with Crippen LogP contribution in [0.15, 0.2) is 38.1 Å². The van der Waals surface area contributed by atoms with Gasteiger partial charge in [-0.3, -0.25) is 4.99 Å². The predicted octanol–water partition coefficient (Wildman–Crippen LogP) is 4.49. The molecule has 0 aliphatic carbocycles. The van der Waals surface area contributed by atoms with Crippen LogP contribution in [0.1, 0.15) is 21.7 Å². The predicted molar refractivity (Wildman–Crippen MR) is 88.9 cm³/mol. The highest BCUT2D eigenvalue weighted by Crippen LogP contribution is 2.25. The first kappa shape index (κ1) is 15.2. The number of carbonyl (C=O) groups is 1. The second-order valence-corrected chi connectivity index (χ2v) is 5.80. The third-order valence-corrected chi connectivity index (χ3v) is 4.84. The molecule has 4 nitrogen and oxygen atoms in total. The second kappa shape index (κ2) is 6.53. The fourth-order valence-electron chi connectivity index (χ4n) is 1.65. The largest absolute Gasteiger partial charge is 0.465 e. The highest BCUT2D eigenvalue weighted by Gasteiger charge is 2.11. The van der Waals surface area contributed by atoms with Crippen LogP contribution in [-0.2, 0) is 4.74 Å². The average molecular weight is 448 g/mol. The van der Waals surface area contributed by atoms with E-state index >= 15 is 0 Å². The monoisotopic (exact) mass is 447 g/mol. The van der Waals surface area contributed by atoms with Crippen LogP contribution in [0.25, 0.3) is 0 Å². The van der Waals surface area contributed by atoms with Gasteiger partial charge in [0.2, 0.25) is 0 Å². The Morgan fingerprint density at radius 2 is 2.25 bits per heavy atom. The van der Waals surface area contributed by atoms with Crippen molar-refractivity contribution >= 4 is 56.4 Å². The molecule has 0 N–H and O–H groups in total. The number of aliphatic imine (C=N–C) groups is 1. The Morgan fingerprint density at radius 3 is 2.85 bits per heavy atom. The lowest BCUT2D eigenvalue weighted by atomic mass is 10.1. The summed E-state index contributed by atoms with van der Waals surface area (Å²) in [5, 5.41) is 0. The molecule has 0 aliphatic heterocycles. The molecule has 1 aromatic carbocycles. The van der Waals surface area contributed by atoms with Crippen LogP contribution in [0.4, 0.5) is 5.69 Å². The number of nitrogens with zero attached hydrogens (tertiary/aromatic N) is 1. The van der Waals surface area contributed by atoms with Crippen LogP contribution in [0.5, 0.6) is 0 Å². The molecule has 1 aromatic heterocycles. The summed E-state index contributed by atoms with van der Waals surface area (Å²) in [7, 11) is 1.36. The molecule has 0 unspecified atom stereocenters. The van der Waals surface area contributed by atoms with Gasteiger partial charge in [0.05, 0.1) is 29.0 Å².